The number of piperidine rings is 1. The molecule has 10 heteroatoms. The molecule has 1 saturated heterocycles. The zero-order valence-corrected chi connectivity index (χ0v) is 19.4. The van der Waals surface area contributed by atoms with Crippen LogP contribution in [-0.4, -0.2) is 46.5 Å². The molecule has 2 aromatic rings. The van der Waals surface area contributed by atoms with Crippen LogP contribution in [0.1, 0.15) is 44.0 Å². The highest BCUT2D eigenvalue weighted by Crippen LogP contribution is 2.22. The van der Waals surface area contributed by atoms with Crippen molar-refractivity contribution < 1.29 is 23.5 Å². The van der Waals surface area contributed by atoms with Crippen LogP contribution in [0, 0.1) is 11.7 Å². The molecule has 0 atom stereocenters. The van der Waals surface area contributed by atoms with E-state index in [-0.39, 0.29) is 17.3 Å². The second-order valence-corrected chi connectivity index (χ2v) is 9.14. The van der Waals surface area contributed by atoms with Crippen molar-refractivity contribution in [3.63, 3.8) is 0 Å². The maximum absolute atomic E-state index is 13.3. The second kappa shape index (κ2) is 10.2. The summed E-state index contributed by atoms with van der Waals surface area (Å²) in [5, 5.41) is 1.39. The topological polar surface area (TPSA) is 91.8 Å². The minimum Gasteiger partial charge on any atom is -0.444 e. The highest BCUT2D eigenvalue weighted by molar-refractivity contribution is 6.30. The second-order valence-electron chi connectivity index (χ2n) is 8.70. The number of carbonyl (C=O) groups is 3. The van der Waals surface area contributed by atoms with E-state index in [0.29, 0.717) is 31.0 Å². The van der Waals surface area contributed by atoms with Gasteiger partial charge in [-0.25, -0.2) is 14.2 Å². The van der Waals surface area contributed by atoms with Crippen molar-refractivity contribution in [3.8, 4) is 0 Å². The number of anilines is 1. The lowest BCUT2D eigenvalue weighted by atomic mass is 9.96. The summed E-state index contributed by atoms with van der Waals surface area (Å²) in [6, 6.07) is 8.01. The van der Waals surface area contributed by atoms with Gasteiger partial charge in [0, 0.05) is 30.8 Å². The molecular formula is C23H26ClFN4O4. The smallest absolute Gasteiger partial charge is 0.410 e. The fraction of sp³-hybridized carbons (Fsp3) is 0.391. The van der Waals surface area contributed by atoms with E-state index < -0.39 is 29.3 Å². The predicted octanol–water partition coefficient (Wildman–Crippen LogP) is 4.20. The SMILES string of the molecule is CC(C)(C)OC(=O)N1CCC(C(=O)NN(C(=O)c2ccc(F)cc2)c2ccc(Cl)cn2)CC1. The first-order valence-electron chi connectivity index (χ1n) is 10.5. The number of benzene rings is 1. The van der Waals surface area contributed by atoms with Crippen LogP contribution in [-0.2, 0) is 9.53 Å². The molecule has 8 nitrogen and oxygen atoms in total. The Morgan fingerprint density at radius 2 is 1.76 bits per heavy atom. The van der Waals surface area contributed by atoms with E-state index in [0.717, 1.165) is 17.1 Å². The van der Waals surface area contributed by atoms with Gasteiger partial charge in [0.1, 0.15) is 11.4 Å². The zero-order chi connectivity index (χ0) is 24.2. The van der Waals surface area contributed by atoms with Crippen molar-refractivity contribution >= 4 is 35.3 Å². The summed E-state index contributed by atoms with van der Waals surface area (Å²) in [5.41, 5.74) is 2.20. The number of rotatable bonds is 3. The Labute approximate surface area is 196 Å². The summed E-state index contributed by atoms with van der Waals surface area (Å²) >= 11 is 5.90. The number of amides is 3. The van der Waals surface area contributed by atoms with Gasteiger partial charge in [-0.1, -0.05) is 11.6 Å². The number of nitrogens with zero attached hydrogens (tertiary/aromatic N) is 3. The number of hydrazine groups is 1. The summed E-state index contributed by atoms with van der Waals surface area (Å²) in [4.78, 5) is 44.0. The number of aromatic nitrogens is 1. The van der Waals surface area contributed by atoms with E-state index in [1.54, 1.807) is 31.7 Å². The molecule has 0 aliphatic carbocycles. The third-order valence-corrected chi connectivity index (χ3v) is 5.20. The van der Waals surface area contributed by atoms with E-state index in [1.165, 1.54) is 24.4 Å². The number of carbonyl (C=O) groups excluding carboxylic acids is 3. The van der Waals surface area contributed by atoms with Gasteiger partial charge in [0.25, 0.3) is 5.91 Å². The van der Waals surface area contributed by atoms with Crippen molar-refractivity contribution in [2.24, 2.45) is 5.92 Å². The van der Waals surface area contributed by atoms with Crippen LogP contribution in [0.15, 0.2) is 42.6 Å². The highest BCUT2D eigenvalue weighted by atomic mass is 35.5. The molecular weight excluding hydrogens is 451 g/mol. The third-order valence-electron chi connectivity index (χ3n) is 4.97. The van der Waals surface area contributed by atoms with Gasteiger partial charge in [-0.05, 0) is 70.0 Å². The molecule has 0 saturated carbocycles. The van der Waals surface area contributed by atoms with Crippen LogP contribution in [0.5, 0.6) is 0 Å². The van der Waals surface area contributed by atoms with Gasteiger partial charge >= 0.3 is 6.09 Å². The number of ether oxygens (including phenoxy) is 1. The van der Waals surface area contributed by atoms with Gasteiger partial charge in [0.2, 0.25) is 5.91 Å². The summed E-state index contributed by atoms with van der Waals surface area (Å²) in [5.74, 6) is -1.70. The number of pyridine rings is 1. The van der Waals surface area contributed by atoms with Crippen molar-refractivity contribution in [3.05, 3.63) is 59.0 Å². The first-order chi connectivity index (χ1) is 15.5. The largest absolute Gasteiger partial charge is 0.444 e. The maximum atomic E-state index is 13.3. The third kappa shape index (κ3) is 6.64. The Morgan fingerprint density at radius 3 is 2.30 bits per heavy atom. The zero-order valence-electron chi connectivity index (χ0n) is 18.7. The fourth-order valence-corrected chi connectivity index (χ4v) is 3.40. The van der Waals surface area contributed by atoms with Gasteiger partial charge in [-0.3, -0.25) is 15.0 Å². The van der Waals surface area contributed by atoms with Gasteiger partial charge in [0.05, 0.1) is 5.02 Å². The van der Waals surface area contributed by atoms with Crippen LogP contribution in [0.2, 0.25) is 5.02 Å². The van der Waals surface area contributed by atoms with Crippen molar-refractivity contribution in [1.82, 2.24) is 15.3 Å². The molecule has 1 aliphatic heterocycles. The number of hydrogen-bond acceptors (Lipinski definition) is 5. The van der Waals surface area contributed by atoms with E-state index in [4.69, 9.17) is 16.3 Å². The Bertz CT molecular complexity index is 1000. The molecule has 0 bridgehead atoms. The predicted molar refractivity (Wildman–Crippen MR) is 121 cm³/mol. The Hall–Kier alpha value is -3.20. The minimum absolute atomic E-state index is 0.160. The number of nitrogens with one attached hydrogen (secondary N) is 1. The molecule has 3 amide bonds. The Morgan fingerprint density at radius 1 is 1.12 bits per heavy atom. The van der Waals surface area contributed by atoms with Crippen LogP contribution in [0.25, 0.3) is 0 Å². The van der Waals surface area contributed by atoms with Gasteiger partial charge in [-0.15, -0.1) is 0 Å². The lowest BCUT2D eigenvalue weighted by molar-refractivity contribution is -0.126. The molecule has 3 rings (SSSR count). The molecule has 1 fully saturated rings. The van der Waals surface area contributed by atoms with E-state index in [9.17, 15) is 18.8 Å². The Kier molecular flexibility index (Phi) is 7.53. The van der Waals surface area contributed by atoms with Crippen LogP contribution in [0.3, 0.4) is 0 Å². The average Bonchev–Trinajstić information content (AvgIpc) is 2.77. The lowest BCUT2D eigenvalue weighted by Gasteiger charge is -2.33. The molecule has 1 aromatic heterocycles. The summed E-state index contributed by atoms with van der Waals surface area (Å²) in [6.07, 6.45) is 1.77. The molecule has 0 spiro atoms. The highest BCUT2D eigenvalue weighted by Gasteiger charge is 2.32. The first kappa shape index (κ1) is 24.4. The van der Waals surface area contributed by atoms with Crippen LogP contribution >= 0.6 is 11.6 Å². The average molecular weight is 477 g/mol. The number of likely N-dealkylation sites (tertiary alicyclic amines) is 1. The van der Waals surface area contributed by atoms with Crippen LogP contribution in [0.4, 0.5) is 15.0 Å². The normalized spacial score (nSPS) is 14.5. The van der Waals surface area contributed by atoms with Gasteiger partial charge < -0.3 is 9.64 Å². The number of halogens is 2. The summed E-state index contributed by atoms with van der Waals surface area (Å²) in [6.45, 7) is 6.10. The maximum Gasteiger partial charge on any atom is 0.410 e. The fourth-order valence-electron chi connectivity index (χ4n) is 3.29. The Balaban J connectivity index is 1.70. The van der Waals surface area contributed by atoms with E-state index in [2.05, 4.69) is 10.4 Å². The molecule has 176 valence electrons. The number of hydrogen-bond donors (Lipinski definition) is 1. The quantitative estimate of drug-likeness (QED) is 0.670. The molecule has 33 heavy (non-hydrogen) atoms. The summed E-state index contributed by atoms with van der Waals surface area (Å²) in [7, 11) is 0. The molecule has 1 N–H and O–H groups in total. The molecule has 2 heterocycles. The molecule has 1 aliphatic rings. The standard InChI is InChI=1S/C23H26ClFN4O4/c1-23(2,3)33-22(32)28-12-10-15(11-13-28)20(30)27-29(19-9-6-17(24)14-26-19)21(31)16-4-7-18(25)8-5-16/h4-9,14-15H,10-13H2,1-3H3,(H,27,30). The van der Waals surface area contributed by atoms with Gasteiger partial charge in [-0.2, -0.15) is 5.01 Å². The van der Waals surface area contributed by atoms with Gasteiger partial charge in [0.15, 0.2) is 5.82 Å². The van der Waals surface area contributed by atoms with E-state index in [1.807, 2.05) is 0 Å². The lowest BCUT2D eigenvalue weighted by Crippen LogP contribution is -2.51. The molecule has 0 unspecified atom stereocenters. The van der Waals surface area contributed by atoms with Crippen LogP contribution < -0.4 is 10.4 Å². The van der Waals surface area contributed by atoms with Crippen molar-refractivity contribution in [2.45, 2.75) is 39.2 Å². The molecule has 1 aromatic carbocycles. The van der Waals surface area contributed by atoms with E-state index >= 15 is 0 Å². The van der Waals surface area contributed by atoms with Crippen molar-refractivity contribution in [2.75, 3.05) is 18.1 Å². The monoisotopic (exact) mass is 476 g/mol. The summed E-state index contributed by atoms with van der Waals surface area (Å²) < 4.78 is 18.7. The first-order valence-corrected chi connectivity index (χ1v) is 10.9. The molecule has 0 radical (unpaired) electrons. The minimum atomic E-state index is -0.599. The van der Waals surface area contributed by atoms with Crippen molar-refractivity contribution in [1.29, 1.82) is 0 Å².